The third-order valence-corrected chi connectivity index (χ3v) is 4.04. The van der Waals surface area contributed by atoms with Crippen molar-refractivity contribution >= 4 is 36.4 Å². The Morgan fingerprint density at radius 3 is 2.23 bits per heavy atom. The maximum absolute atomic E-state index is 12.0. The summed E-state index contributed by atoms with van der Waals surface area (Å²) in [7, 11) is 0. The van der Waals surface area contributed by atoms with Crippen molar-refractivity contribution in [1.82, 2.24) is 5.32 Å². The van der Waals surface area contributed by atoms with E-state index in [9.17, 15) is 4.79 Å². The average molecular weight is 348 g/mol. The van der Waals surface area contributed by atoms with Gasteiger partial charge in [0.2, 0.25) is 5.91 Å². The first-order chi connectivity index (χ1) is 9.56. The van der Waals surface area contributed by atoms with Crippen molar-refractivity contribution in [1.29, 1.82) is 0 Å². The second kappa shape index (κ2) is 9.93. The molecule has 1 aromatic carbocycles. The van der Waals surface area contributed by atoms with Crippen molar-refractivity contribution in [3.8, 4) is 0 Å². The van der Waals surface area contributed by atoms with Crippen LogP contribution in [0.5, 0.6) is 0 Å². The van der Waals surface area contributed by atoms with Crippen molar-refractivity contribution in [3.63, 3.8) is 0 Å². The summed E-state index contributed by atoms with van der Waals surface area (Å²) in [5.41, 5.74) is 9.27. The number of nitrogens with two attached hydrogens (primary N) is 1. The van der Waals surface area contributed by atoms with Crippen LogP contribution in [0.25, 0.3) is 0 Å². The van der Waals surface area contributed by atoms with Crippen LogP contribution < -0.4 is 16.4 Å². The standard InChI is InChI=1S/C16H25N3O.2ClH/c1-11-4-3-5-12(2)16(11)18-10-15(20)19-14-8-6-13(17)7-9-14;;/h3-5,13-14,18H,6-10,17H2,1-2H3,(H,19,20);2*1H. The molecule has 22 heavy (non-hydrogen) atoms. The van der Waals surface area contributed by atoms with Gasteiger partial charge in [-0.15, -0.1) is 24.8 Å². The molecule has 0 unspecified atom stereocenters. The van der Waals surface area contributed by atoms with Crippen molar-refractivity contribution in [3.05, 3.63) is 29.3 Å². The van der Waals surface area contributed by atoms with Gasteiger partial charge in [-0.2, -0.15) is 0 Å². The first kappa shape index (κ1) is 21.0. The van der Waals surface area contributed by atoms with Gasteiger partial charge in [0.15, 0.2) is 0 Å². The Kier molecular flexibility index (Phi) is 9.49. The van der Waals surface area contributed by atoms with Gasteiger partial charge in [-0.1, -0.05) is 18.2 Å². The third kappa shape index (κ3) is 6.03. The van der Waals surface area contributed by atoms with E-state index < -0.39 is 0 Å². The summed E-state index contributed by atoms with van der Waals surface area (Å²) < 4.78 is 0. The van der Waals surface area contributed by atoms with Crippen LogP contribution in [-0.2, 0) is 4.79 Å². The molecule has 0 radical (unpaired) electrons. The molecular weight excluding hydrogens is 321 g/mol. The maximum atomic E-state index is 12.0. The van der Waals surface area contributed by atoms with E-state index in [1.807, 2.05) is 6.07 Å². The maximum Gasteiger partial charge on any atom is 0.239 e. The molecule has 0 heterocycles. The lowest BCUT2D eigenvalue weighted by Crippen LogP contribution is -2.42. The molecule has 126 valence electrons. The van der Waals surface area contributed by atoms with Gasteiger partial charge in [0.1, 0.15) is 0 Å². The lowest BCUT2D eigenvalue weighted by atomic mass is 9.92. The van der Waals surface area contributed by atoms with E-state index in [1.165, 1.54) is 11.1 Å². The third-order valence-electron chi connectivity index (χ3n) is 4.04. The highest BCUT2D eigenvalue weighted by Gasteiger charge is 2.19. The number of hydrogen-bond acceptors (Lipinski definition) is 3. The molecule has 4 N–H and O–H groups in total. The van der Waals surface area contributed by atoms with Gasteiger partial charge in [0.25, 0.3) is 0 Å². The van der Waals surface area contributed by atoms with E-state index in [-0.39, 0.29) is 30.7 Å². The molecule has 0 bridgehead atoms. The van der Waals surface area contributed by atoms with Crippen LogP contribution in [0.4, 0.5) is 5.69 Å². The van der Waals surface area contributed by atoms with Crippen LogP contribution in [0, 0.1) is 13.8 Å². The number of halogens is 2. The molecule has 1 amide bonds. The number of hydrogen-bond donors (Lipinski definition) is 3. The molecule has 1 fully saturated rings. The van der Waals surface area contributed by atoms with Gasteiger partial charge in [-0.25, -0.2) is 0 Å². The van der Waals surface area contributed by atoms with E-state index >= 15 is 0 Å². The SMILES string of the molecule is Cc1cccc(C)c1NCC(=O)NC1CCC(N)CC1.Cl.Cl. The van der Waals surface area contributed by atoms with E-state index in [4.69, 9.17) is 5.73 Å². The summed E-state index contributed by atoms with van der Waals surface area (Å²) in [5, 5.41) is 6.33. The number of para-hydroxylation sites is 1. The van der Waals surface area contributed by atoms with E-state index in [2.05, 4.69) is 36.6 Å². The Balaban J connectivity index is 0.00000220. The average Bonchev–Trinajstić information content (AvgIpc) is 2.41. The van der Waals surface area contributed by atoms with Crippen LogP contribution in [0.3, 0.4) is 0 Å². The van der Waals surface area contributed by atoms with Gasteiger partial charge in [-0.3, -0.25) is 4.79 Å². The van der Waals surface area contributed by atoms with E-state index in [1.54, 1.807) is 0 Å². The highest BCUT2D eigenvalue weighted by molar-refractivity contribution is 5.85. The molecule has 0 aliphatic heterocycles. The Morgan fingerprint density at radius 2 is 1.68 bits per heavy atom. The summed E-state index contributed by atoms with van der Waals surface area (Å²) in [6, 6.07) is 6.74. The first-order valence-electron chi connectivity index (χ1n) is 7.41. The lowest BCUT2D eigenvalue weighted by Gasteiger charge is -2.27. The fourth-order valence-electron chi connectivity index (χ4n) is 2.80. The zero-order valence-electron chi connectivity index (χ0n) is 13.2. The molecule has 0 spiro atoms. The summed E-state index contributed by atoms with van der Waals surface area (Å²) >= 11 is 0. The highest BCUT2D eigenvalue weighted by Crippen LogP contribution is 2.19. The molecule has 1 aliphatic rings. The molecule has 1 saturated carbocycles. The quantitative estimate of drug-likeness (QED) is 0.784. The molecular formula is C16H27Cl2N3O. The van der Waals surface area contributed by atoms with E-state index in [0.29, 0.717) is 18.6 Å². The fraction of sp³-hybridized carbons (Fsp3) is 0.562. The zero-order chi connectivity index (χ0) is 14.5. The fourth-order valence-corrected chi connectivity index (χ4v) is 2.80. The molecule has 0 saturated heterocycles. The number of carbonyl (C=O) groups is 1. The molecule has 0 aromatic heterocycles. The van der Waals surface area contributed by atoms with Crippen LogP contribution in [-0.4, -0.2) is 24.5 Å². The second-order valence-electron chi connectivity index (χ2n) is 5.80. The first-order valence-corrected chi connectivity index (χ1v) is 7.41. The minimum Gasteiger partial charge on any atom is -0.376 e. The lowest BCUT2D eigenvalue weighted by molar-refractivity contribution is -0.120. The molecule has 4 nitrogen and oxygen atoms in total. The Hall–Kier alpha value is -0.970. The molecule has 1 aliphatic carbocycles. The molecule has 6 heteroatoms. The van der Waals surface area contributed by atoms with Crippen molar-refractivity contribution < 1.29 is 4.79 Å². The second-order valence-corrected chi connectivity index (χ2v) is 5.80. The molecule has 0 atom stereocenters. The monoisotopic (exact) mass is 347 g/mol. The summed E-state index contributed by atoms with van der Waals surface area (Å²) in [6.07, 6.45) is 4.01. The van der Waals surface area contributed by atoms with Crippen molar-refractivity contribution in [2.24, 2.45) is 5.73 Å². The number of benzene rings is 1. The van der Waals surface area contributed by atoms with Crippen LogP contribution in [0.2, 0.25) is 0 Å². The van der Waals surface area contributed by atoms with Gasteiger partial charge in [-0.05, 0) is 50.7 Å². The number of anilines is 1. The van der Waals surface area contributed by atoms with E-state index in [0.717, 1.165) is 31.4 Å². The Labute approximate surface area is 145 Å². The van der Waals surface area contributed by atoms with Gasteiger partial charge >= 0.3 is 0 Å². The minimum absolute atomic E-state index is 0. The highest BCUT2D eigenvalue weighted by atomic mass is 35.5. The zero-order valence-corrected chi connectivity index (χ0v) is 14.9. The predicted molar refractivity (Wildman–Crippen MR) is 97.3 cm³/mol. The smallest absolute Gasteiger partial charge is 0.239 e. The van der Waals surface area contributed by atoms with Crippen LogP contribution >= 0.6 is 24.8 Å². The summed E-state index contributed by atoms with van der Waals surface area (Å²) in [6.45, 7) is 4.43. The molecule has 1 aromatic rings. The van der Waals surface area contributed by atoms with Gasteiger partial charge in [0, 0.05) is 17.8 Å². The van der Waals surface area contributed by atoms with Crippen molar-refractivity contribution in [2.75, 3.05) is 11.9 Å². The largest absolute Gasteiger partial charge is 0.376 e. The van der Waals surface area contributed by atoms with Gasteiger partial charge < -0.3 is 16.4 Å². The summed E-state index contributed by atoms with van der Waals surface area (Å²) in [5.74, 6) is 0.0631. The Morgan fingerprint density at radius 1 is 1.14 bits per heavy atom. The number of rotatable bonds is 4. The van der Waals surface area contributed by atoms with Gasteiger partial charge in [0.05, 0.1) is 6.54 Å². The number of amides is 1. The molecule has 2 rings (SSSR count). The number of carbonyl (C=O) groups excluding carboxylic acids is 1. The predicted octanol–water partition coefficient (Wildman–Crippen LogP) is 2.95. The topological polar surface area (TPSA) is 67.2 Å². The number of aryl methyl sites for hydroxylation is 2. The normalized spacial score (nSPS) is 20.3. The minimum atomic E-state index is 0. The van der Waals surface area contributed by atoms with Crippen LogP contribution in [0.15, 0.2) is 18.2 Å². The summed E-state index contributed by atoms with van der Waals surface area (Å²) in [4.78, 5) is 12.0. The number of nitrogens with one attached hydrogen (secondary N) is 2. The van der Waals surface area contributed by atoms with Crippen LogP contribution in [0.1, 0.15) is 36.8 Å². The Bertz CT molecular complexity index is 454. The van der Waals surface area contributed by atoms with Crippen molar-refractivity contribution in [2.45, 2.75) is 51.6 Å².